The molecule has 0 saturated carbocycles. The molecule has 0 heterocycles. The molecule has 0 aliphatic rings. The van der Waals surface area contributed by atoms with E-state index in [-0.39, 0.29) is 32.4 Å². The smallest absolute Gasteiger partial charge is 0.357 e. The lowest BCUT2D eigenvalue weighted by atomic mass is 9.87. The maximum atomic E-state index is 10.3. The predicted molar refractivity (Wildman–Crippen MR) is 129 cm³/mol. The number of hydrogen-bond donors (Lipinski definition) is 0. The van der Waals surface area contributed by atoms with Crippen molar-refractivity contribution in [2.24, 2.45) is 5.92 Å². The molecule has 0 bridgehead atoms. The molecule has 0 aliphatic heterocycles. The molecule has 0 amide bonds. The molecule has 0 fully saturated rings. The Morgan fingerprint density at radius 1 is 0.848 bits per heavy atom. The van der Waals surface area contributed by atoms with Crippen molar-refractivity contribution in [3.8, 4) is 5.75 Å². The van der Waals surface area contributed by atoms with Gasteiger partial charge in [0.2, 0.25) is 0 Å². The van der Waals surface area contributed by atoms with Crippen molar-refractivity contribution in [2.75, 3.05) is 0 Å². The third-order valence-corrected chi connectivity index (χ3v) is 7.79. The summed E-state index contributed by atoms with van der Waals surface area (Å²) in [4.78, 5) is 0. The van der Waals surface area contributed by atoms with Gasteiger partial charge in [-0.25, -0.2) is 8.42 Å². The van der Waals surface area contributed by atoms with Crippen LogP contribution in [-0.2, 0) is 22.2 Å². The van der Waals surface area contributed by atoms with E-state index in [2.05, 4.69) is 73.5 Å². The summed E-state index contributed by atoms with van der Waals surface area (Å²) in [6.07, 6.45) is 1.18. The fraction of sp³-hybridized carbons (Fsp3) is 0.333. The average molecular weight is 581 g/mol. The zero-order valence-corrected chi connectivity index (χ0v) is 23.1. The van der Waals surface area contributed by atoms with Crippen LogP contribution in [0.3, 0.4) is 0 Å². The van der Waals surface area contributed by atoms with Crippen LogP contribution < -0.4 is 25.4 Å². The lowest BCUT2D eigenvalue weighted by molar-refractivity contribution is -0.597. The minimum atomic E-state index is -4.68. The van der Waals surface area contributed by atoms with E-state index in [4.69, 9.17) is 0 Å². The molecule has 0 radical (unpaired) electrons. The lowest BCUT2D eigenvalue weighted by Crippen LogP contribution is -3.61. The SMILES string of the molecule is CC(C)(C)c1ccc(OS(=O)(=O)[O-])cc1.Cc1ccc([I+]c2ccc(CC(C)C)cc2)cc1. The van der Waals surface area contributed by atoms with E-state index in [1.807, 2.05) is 20.8 Å². The quantitative estimate of drug-likeness (QED) is 0.256. The Bertz CT molecular complexity index is 1100. The van der Waals surface area contributed by atoms with Crippen LogP contribution in [0.4, 0.5) is 0 Å². The number of hydrogen-bond acceptors (Lipinski definition) is 4. The Labute approximate surface area is 209 Å². The minimum absolute atomic E-state index is 0.0179. The summed E-state index contributed by atoms with van der Waals surface area (Å²) in [6, 6.07) is 24.6. The molecular formula is C27H33IO4S. The highest BCUT2D eigenvalue weighted by Crippen LogP contribution is 2.24. The number of aryl methyl sites for hydroxylation is 1. The van der Waals surface area contributed by atoms with Crippen molar-refractivity contribution < 1.29 is 38.4 Å². The molecule has 3 rings (SSSR count). The highest BCUT2D eigenvalue weighted by Gasteiger charge is 2.15. The van der Waals surface area contributed by atoms with Gasteiger partial charge in [-0.3, -0.25) is 0 Å². The third-order valence-electron chi connectivity index (χ3n) is 4.70. The van der Waals surface area contributed by atoms with Gasteiger partial charge in [0.25, 0.3) is 10.4 Å². The Hall–Kier alpha value is -1.90. The highest BCUT2D eigenvalue weighted by atomic mass is 127. The topological polar surface area (TPSA) is 66.4 Å². The Morgan fingerprint density at radius 3 is 1.76 bits per heavy atom. The normalized spacial score (nSPS) is 11.6. The van der Waals surface area contributed by atoms with E-state index < -0.39 is 10.4 Å². The summed E-state index contributed by atoms with van der Waals surface area (Å²) in [6.45, 7) is 12.8. The summed E-state index contributed by atoms with van der Waals surface area (Å²) in [5, 5.41) is 0. The van der Waals surface area contributed by atoms with E-state index in [1.165, 1.54) is 36.8 Å². The minimum Gasteiger partial charge on any atom is -0.716 e. The molecule has 0 aliphatic carbocycles. The zero-order valence-electron chi connectivity index (χ0n) is 20.1. The summed E-state index contributed by atoms with van der Waals surface area (Å²) in [5.74, 6) is 0.778. The van der Waals surface area contributed by atoms with Gasteiger partial charge >= 0.3 is 21.2 Å². The third kappa shape index (κ3) is 10.7. The van der Waals surface area contributed by atoms with Gasteiger partial charge in [-0.1, -0.05) is 76.6 Å². The second-order valence-corrected chi connectivity index (χ2v) is 13.4. The van der Waals surface area contributed by atoms with Crippen LogP contribution >= 0.6 is 0 Å². The van der Waals surface area contributed by atoms with Gasteiger partial charge in [-0.15, -0.1) is 0 Å². The van der Waals surface area contributed by atoms with E-state index in [0.717, 1.165) is 11.5 Å². The van der Waals surface area contributed by atoms with Crippen LogP contribution in [0.15, 0.2) is 72.8 Å². The molecule has 33 heavy (non-hydrogen) atoms. The Balaban J connectivity index is 0.000000238. The monoisotopic (exact) mass is 580 g/mol. The molecule has 3 aromatic rings. The number of benzene rings is 3. The van der Waals surface area contributed by atoms with Crippen molar-refractivity contribution in [3.63, 3.8) is 0 Å². The number of halogens is 1. The van der Waals surface area contributed by atoms with Crippen molar-refractivity contribution in [1.29, 1.82) is 0 Å². The summed E-state index contributed by atoms with van der Waals surface area (Å²) in [7, 11) is -4.68. The van der Waals surface area contributed by atoms with Gasteiger partial charge in [-0.05, 0) is 72.2 Å². The summed E-state index contributed by atoms with van der Waals surface area (Å²) in [5.41, 5.74) is 3.82. The van der Waals surface area contributed by atoms with E-state index in [1.54, 1.807) is 12.1 Å². The standard InChI is InChI=1S/C17H20I.C10H14O4S/c1-13(2)12-15-6-10-17(11-7-15)18-16-8-4-14(3)5-9-16;1-10(2,3)8-4-6-9(7-5-8)14-15(11,12)13/h4-11,13H,12H2,1-3H3;4-7H,1-3H3,(H,11,12,13)/q+1;/p-1. The first kappa shape index (κ1) is 27.3. The number of rotatable bonds is 6. The van der Waals surface area contributed by atoms with Gasteiger partial charge in [-0.2, -0.15) is 0 Å². The van der Waals surface area contributed by atoms with E-state index >= 15 is 0 Å². The van der Waals surface area contributed by atoms with Crippen LogP contribution in [0.1, 0.15) is 51.3 Å². The Kier molecular flexibility index (Phi) is 9.94. The van der Waals surface area contributed by atoms with Crippen molar-refractivity contribution >= 4 is 10.4 Å². The van der Waals surface area contributed by atoms with Crippen molar-refractivity contribution in [3.05, 3.63) is 96.6 Å². The first-order valence-electron chi connectivity index (χ1n) is 10.9. The average Bonchev–Trinajstić information content (AvgIpc) is 2.70. The predicted octanol–water partition coefficient (Wildman–Crippen LogP) is 3.15. The van der Waals surface area contributed by atoms with Gasteiger partial charge < -0.3 is 8.74 Å². The highest BCUT2D eigenvalue weighted by molar-refractivity contribution is 7.81. The maximum Gasteiger partial charge on any atom is 0.357 e. The molecule has 0 N–H and O–H groups in total. The van der Waals surface area contributed by atoms with E-state index in [9.17, 15) is 13.0 Å². The van der Waals surface area contributed by atoms with Gasteiger partial charge in [0, 0.05) is 0 Å². The van der Waals surface area contributed by atoms with Gasteiger partial charge in [0.1, 0.15) is 5.75 Å². The summed E-state index contributed by atoms with van der Waals surface area (Å²) < 4.78 is 38.1. The van der Waals surface area contributed by atoms with Crippen molar-refractivity contribution in [2.45, 2.75) is 53.4 Å². The van der Waals surface area contributed by atoms with Crippen molar-refractivity contribution in [1.82, 2.24) is 0 Å². The van der Waals surface area contributed by atoms with Crippen LogP contribution in [0, 0.1) is 20.0 Å². The first-order chi connectivity index (χ1) is 15.3. The van der Waals surface area contributed by atoms with Crippen LogP contribution in [0.25, 0.3) is 0 Å². The molecule has 0 spiro atoms. The molecular weight excluding hydrogens is 547 g/mol. The molecule has 6 heteroatoms. The second kappa shape index (κ2) is 12.0. The Morgan fingerprint density at radius 2 is 1.33 bits per heavy atom. The van der Waals surface area contributed by atoms with Gasteiger partial charge in [0.15, 0.2) is 7.14 Å². The maximum absolute atomic E-state index is 10.3. The second-order valence-electron chi connectivity index (χ2n) is 9.38. The molecule has 3 aromatic carbocycles. The molecule has 0 atom stereocenters. The fourth-order valence-electron chi connectivity index (χ4n) is 3.01. The molecule has 4 nitrogen and oxygen atoms in total. The molecule has 0 aromatic heterocycles. The van der Waals surface area contributed by atoms with Crippen LogP contribution in [-0.4, -0.2) is 13.0 Å². The largest absolute Gasteiger partial charge is 0.716 e. The van der Waals surface area contributed by atoms with Crippen LogP contribution in [0.2, 0.25) is 0 Å². The van der Waals surface area contributed by atoms with Gasteiger partial charge in [0.05, 0.1) is 0 Å². The van der Waals surface area contributed by atoms with E-state index in [0.29, 0.717) is 0 Å². The summed E-state index contributed by atoms with van der Waals surface area (Å²) >= 11 is -0.0179. The molecule has 0 unspecified atom stereocenters. The lowest BCUT2D eigenvalue weighted by Gasteiger charge is -2.19. The zero-order chi connectivity index (χ0) is 24.6. The first-order valence-corrected chi connectivity index (χ1v) is 14.4. The molecule has 0 saturated heterocycles. The molecule has 178 valence electrons. The fourth-order valence-corrected chi connectivity index (χ4v) is 5.51. The van der Waals surface area contributed by atoms with Crippen LogP contribution in [0.5, 0.6) is 5.75 Å².